The zero-order chi connectivity index (χ0) is 15.3. The molecular weight excluding hydrogens is 276 g/mol. The molecule has 0 aromatic carbocycles. The standard InChI is InChI=1S/C15H30O4S/c1-3-4-5-6-7-8-9-10-11-12-13-19-15(2)14-20(16,17)18/h14H,3-13H2,1-2H3,(H,16,17,18). The van der Waals surface area contributed by atoms with Crippen molar-refractivity contribution in [1.29, 1.82) is 0 Å². The second-order valence-electron chi connectivity index (χ2n) is 5.27. The van der Waals surface area contributed by atoms with Crippen LogP contribution < -0.4 is 0 Å². The molecule has 0 radical (unpaired) electrons. The highest BCUT2D eigenvalue weighted by atomic mass is 32.2. The topological polar surface area (TPSA) is 63.6 Å². The lowest BCUT2D eigenvalue weighted by molar-refractivity contribution is 0.207. The third kappa shape index (κ3) is 15.5. The van der Waals surface area contributed by atoms with Gasteiger partial charge in [-0.2, -0.15) is 8.42 Å². The highest BCUT2D eigenvalue weighted by Crippen LogP contribution is 2.11. The van der Waals surface area contributed by atoms with E-state index in [9.17, 15) is 8.42 Å². The molecule has 0 aliphatic rings. The van der Waals surface area contributed by atoms with E-state index < -0.39 is 10.1 Å². The average Bonchev–Trinajstić information content (AvgIpc) is 2.34. The van der Waals surface area contributed by atoms with Gasteiger partial charge in [0.15, 0.2) is 0 Å². The van der Waals surface area contributed by atoms with Crippen LogP contribution in [0, 0.1) is 0 Å². The lowest BCUT2D eigenvalue weighted by Gasteiger charge is -2.05. The zero-order valence-corrected chi connectivity index (χ0v) is 13.8. The predicted molar refractivity (Wildman–Crippen MR) is 83.1 cm³/mol. The summed E-state index contributed by atoms with van der Waals surface area (Å²) >= 11 is 0. The molecule has 5 heteroatoms. The highest BCUT2D eigenvalue weighted by Gasteiger charge is 2.00. The Kier molecular flexibility index (Phi) is 11.9. The van der Waals surface area contributed by atoms with Crippen molar-refractivity contribution in [3.05, 3.63) is 11.2 Å². The molecule has 0 spiro atoms. The van der Waals surface area contributed by atoms with E-state index in [1.54, 1.807) is 0 Å². The van der Waals surface area contributed by atoms with Gasteiger partial charge in [-0.1, -0.05) is 64.7 Å². The lowest BCUT2D eigenvalue weighted by Crippen LogP contribution is -1.97. The molecule has 0 heterocycles. The Bertz CT molecular complexity index is 347. The van der Waals surface area contributed by atoms with Crippen LogP contribution in [0.2, 0.25) is 0 Å². The number of ether oxygens (including phenoxy) is 1. The van der Waals surface area contributed by atoms with E-state index >= 15 is 0 Å². The lowest BCUT2D eigenvalue weighted by atomic mass is 10.1. The normalized spacial score (nSPS) is 12.7. The molecule has 0 saturated heterocycles. The van der Waals surface area contributed by atoms with Gasteiger partial charge in [-0.3, -0.25) is 4.55 Å². The monoisotopic (exact) mass is 306 g/mol. The molecular formula is C15H30O4S. The van der Waals surface area contributed by atoms with Gasteiger partial charge >= 0.3 is 0 Å². The first-order valence-corrected chi connectivity index (χ1v) is 9.24. The van der Waals surface area contributed by atoms with E-state index in [1.807, 2.05) is 0 Å². The fourth-order valence-corrected chi connectivity index (χ4v) is 2.55. The molecule has 0 aliphatic carbocycles. The van der Waals surface area contributed by atoms with Crippen molar-refractivity contribution in [2.45, 2.75) is 78.1 Å². The van der Waals surface area contributed by atoms with Crippen LogP contribution in [0.3, 0.4) is 0 Å². The van der Waals surface area contributed by atoms with Crippen LogP contribution in [0.25, 0.3) is 0 Å². The molecule has 0 aliphatic heterocycles. The zero-order valence-electron chi connectivity index (χ0n) is 12.9. The van der Waals surface area contributed by atoms with E-state index in [-0.39, 0.29) is 5.76 Å². The number of hydrogen-bond acceptors (Lipinski definition) is 3. The van der Waals surface area contributed by atoms with Crippen LogP contribution in [-0.2, 0) is 14.9 Å². The summed E-state index contributed by atoms with van der Waals surface area (Å²) < 4.78 is 34.9. The molecule has 0 aromatic heterocycles. The van der Waals surface area contributed by atoms with Crippen molar-refractivity contribution in [1.82, 2.24) is 0 Å². The SMILES string of the molecule is CCCCCCCCCCCCOC(C)=CS(=O)(=O)O. The summed E-state index contributed by atoms with van der Waals surface area (Å²) in [4.78, 5) is 0. The van der Waals surface area contributed by atoms with E-state index in [1.165, 1.54) is 58.3 Å². The molecule has 0 saturated carbocycles. The van der Waals surface area contributed by atoms with Gasteiger partial charge in [-0.25, -0.2) is 0 Å². The summed E-state index contributed by atoms with van der Waals surface area (Å²) in [5.74, 6) is 0.239. The minimum absolute atomic E-state index is 0.239. The predicted octanol–water partition coefficient (Wildman–Crippen LogP) is 4.67. The molecule has 0 atom stereocenters. The molecule has 0 fully saturated rings. The fourth-order valence-electron chi connectivity index (χ4n) is 2.07. The number of allylic oxidation sites excluding steroid dienone is 1. The maximum atomic E-state index is 10.5. The number of unbranched alkanes of at least 4 members (excludes halogenated alkanes) is 9. The van der Waals surface area contributed by atoms with Crippen molar-refractivity contribution >= 4 is 10.1 Å². The van der Waals surface area contributed by atoms with Gasteiger partial charge in [0.1, 0.15) is 5.76 Å². The first kappa shape index (κ1) is 19.4. The van der Waals surface area contributed by atoms with Gasteiger partial charge in [-0.15, -0.1) is 0 Å². The highest BCUT2D eigenvalue weighted by molar-refractivity contribution is 7.88. The summed E-state index contributed by atoms with van der Waals surface area (Å²) in [5, 5.41) is 0.739. The van der Waals surface area contributed by atoms with Gasteiger partial charge in [0.05, 0.1) is 12.0 Å². The Morgan fingerprint density at radius 2 is 1.40 bits per heavy atom. The summed E-state index contributed by atoms with van der Waals surface area (Å²) in [6.45, 7) is 4.27. The fraction of sp³-hybridized carbons (Fsp3) is 0.867. The van der Waals surface area contributed by atoms with E-state index in [4.69, 9.17) is 9.29 Å². The molecule has 0 bridgehead atoms. The van der Waals surface area contributed by atoms with E-state index in [0.717, 1.165) is 18.2 Å². The van der Waals surface area contributed by atoms with Crippen LogP contribution in [0.15, 0.2) is 11.2 Å². The molecule has 0 aromatic rings. The largest absolute Gasteiger partial charge is 0.497 e. The third-order valence-corrected chi connectivity index (χ3v) is 3.77. The molecule has 0 rings (SSSR count). The maximum absolute atomic E-state index is 10.5. The molecule has 0 amide bonds. The van der Waals surface area contributed by atoms with Crippen molar-refractivity contribution in [2.75, 3.05) is 6.61 Å². The average molecular weight is 306 g/mol. The number of rotatable bonds is 13. The van der Waals surface area contributed by atoms with Crippen LogP contribution in [0.4, 0.5) is 0 Å². The Morgan fingerprint density at radius 3 is 1.85 bits per heavy atom. The van der Waals surface area contributed by atoms with Crippen molar-refractivity contribution < 1.29 is 17.7 Å². The molecule has 120 valence electrons. The van der Waals surface area contributed by atoms with Crippen LogP contribution in [0.1, 0.15) is 78.1 Å². The summed E-state index contributed by atoms with van der Waals surface area (Å²) in [5.41, 5.74) is 0. The van der Waals surface area contributed by atoms with Gasteiger partial charge in [0, 0.05) is 0 Å². The summed E-state index contributed by atoms with van der Waals surface area (Å²) in [6.07, 6.45) is 12.5. The molecule has 20 heavy (non-hydrogen) atoms. The van der Waals surface area contributed by atoms with E-state index in [0.29, 0.717) is 6.61 Å². The Labute approximate surface area is 124 Å². The minimum atomic E-state index is -4.07. The van der Waals surface area contributed by atoms with Crippen molar-refractivity contribution in [3.63, 3.8) is 0 Å². The second-order valence-corrected chi connectivity index (χ2v) is 6.54. The Hall–Kier alpha value is -0.550. The van der Waals surface area contributed by atoms with Crippen molar-refractivity contribution in [3.8, 4) is 0 Å². The molecule has 1 N–H and O–H groups in total. The van der Waals surface area contributed by atoms with Crippen LogP contribution in [-0.4, -0.2) is 19.6 Å². The smallest absolute Gasteiger partial charge is 0.290 e. The molecule has 0 unspecified atom stereocenters. The third-order valence-electron chi connectivity index (χ3n) is 3.14. The maximum Gasteiger partial charge on any atom is 0.290 e. The van der Waals surface area contributed by atoms with Gasteiger partial charge in [0.25, 0.3) is 10.1 Å². The molecule has 4 nitrogen and oxygen atoms in total. The van der Waals surface area contributed by atoms with Crippen molar-refractivity contribution in [2.24, 2.45) is 0 Å². The Morgan fingerprint density at radius 1 is 0.950 bits per heavy atom. The van der Waals surface area contributed by atoms with Gasteiger partial charge < -0.3 is 4.74 Å². The Balaban J connectivity index is 3.31. The number of hydrogen-bond donors (Lipinski definition) is 1. The summed E-state index contributed by atoms with van der Waals surface area (Å²) in [7, 11) is -4.07. The quantitative estimate of drug-likeness (QED) is 0.305. The van der Waals surface area contributed by atoms with Gasteiger partial charge in [-0.05, 0) is 13.3 Å². The minimum Gasteiger partial charge on any atom is -0.497 e. The van der Waals surface area contributed by atoms with E-state index in [2.05, 4.69) is 6.92 Å². The first-order valence-electron chi connectivity index (χ1n) is 7.74. The first-order chi connectivity index (χ1) is 9.45. The summed E-state index contributed by atoms with van der Waals surface area (Å²) in [6, 6.07) is 0. The van der Waals surface area contributed by atoms with Crippen LogP contribution in [0.5, 0.6) is 0 Å². The van der Waals surface area contributed by atoms with Gasteiger partial charge in [0.2, 0.25) is 0 Å². The van der Waals surface area contributed by atoms with Crippen LogP contribution >= 0.6 is 0 Å². The second kappa shape index (κ2) is 12.2.